The van der Waals surface area contributed by atoms with Crippen molar-refractivity contribution in [2.24, 2.45) is 0 Å². The molecule has 0 aliphatic rings. The van der Waals surface area contributed by atoms with E-state index in [2.05, 4.69) is 4.98 Å². The van der Waals surface area contributed by atoms with Gasteiger partial charge in [0.15, 0.2) is 5.58 Å². The minimum atomic E-state index is -0.305. The monoisotopic (exact) mass is 226 g/mol. The number of nitrogens with two attached hydrogens (primary N) is 1. The second-order valence-electron chi connectivity index (χ2n) is 3.10. The van der Waals surface area contributed by atoms with E-state index in [4.69, 9.17) is 10.2 Å². The van der Waals surface area contributed by atoms with Gasteiger partial charge in [-0.1, -0.05) is 11.8 Å². The van der Waals surface area contributed by atoms with Gasteiger partial charge in [-0.3, -0.25) is 4.39 Å². The minimum Gasteiger partial charge on any atom is -0.431 e. The van der Waals surface area contributed by atoms with Gasteiger partial charge in [-0.2, -0.15) is 0 Å². The highest BCUT2D eigenvalue weighted by molar-refractivity contribution is 7.99. The smallest absolute Gasteiger partial charge is 0.256 e. The molecule has 5 heteroatoms. The van der Waals surface area contributed by atoms with Crippen molar-refractivity contribution in [3.8, 4) is 0 Å². The number of nitrogen functional groups attached to an aromatic ring is 1. The first-order chi connectivity index (χ1) is 7.29. The summed E-state index contributed by atoms with van der Waals surface area (Å²) in [5, 5.41) is 0.573. The normalized spacial score (nSPS) is 11.0. The van der Waals surface area contributed by atoms with Crippen LogP contribution in [0.25, 0.3) is 11.1 Å². The van der Waals surface area contributed by atoms with Crippen molar-refractivity contribution in [3.63, 3.8) is 0 Å². The molecule has 2 N–H and O–H groups in total. The predicted molar refractivity (Wildman–Crippen MR) is 59.7 cm³/mol. The van der Waals surface area contributed by atoms with Crippen molar-refractivity contribution in [2.75, 3.05) is 18.2 Å². The lowest BCUT2D eigenvalue weighted by molar-refractivity contribution is 0.481. The number of anilines is 1. The Bertz CT molecular complexity index is 458. The molecule has 0 amide bonds. The Morgan fingerprint density at radius 2 is 2.33 bits per heavy atom. The van der Waals surface area contributed by atoms with E-state index in [9.17, 15) is 4.39 Å². The van der Waals surface area contributed by atoms with Crippen LogP contribution < -0.4 is 5.73 Å². The average molecular weight is 226 g/mol. The van der Waals surface area contributed by atoms with Crippen LogP contribution >= 0.6 is 11.8 Å². The van der Waals surface area contributed by atoms with Crippen LogP contribution in [0.2, 0.25) is 0 Å². The summed E-state index contributed by atoms with van der Waals surface area (Å²) in [7, 11) is 0. The van der Waals surface area contributed by atoms with Gasteiger partial charge in [0.05, 0.1) is 6.67 Å². The third-order valence-corrected chi connectivity index (χ3v) is 2.81. The number of aromatic nitrogens is 1. The fraction of sp³-hybridized carbons (Fsp3) is 0.300. The first-order valence-electron chi connectivity index (χ1n) is 4.64. The summed E-state index contributed by atoms with van der Waals surface area (Å²) in [5.41, 5.74) is 7.73. The van der Waals surface area contributed by atoms with Crippen molar-refractivity contribution in [2.45, 2.75) is 11.6 Å². The Labute approximate surface area is 90.9 Å². The zero-order valence-electron chi connectivity index (χ0n) is 8.07. The second-order valence-corrected chi connectivity index (χ2v) is 4.14. The fourth-order valence-electron chi connectivity index (χ4n) is 1.20. The summed E-state index contributed by atoms with van der Waals surface area (Å²) in [6, 6.07) is 5.33. The van der Waals surface area contributed by atoms with Crippen molar-refractivity contribution < 1.29 is 8.81 Å². The molecule has 15 heavy (non-hydrogen) atoms. The zero-order chi connectivity index (χ0) is 10.7. The van der Waals surface area contributed by atoms with Crippen LogP contribution in [0.15, 0.2) is 27.8 Å². The summed E-state index contributed by atoms with van der Waals surface area (Å²) in [6.45, 7) is -0.305. The Hall–Kier alpha value is -1.23. The van der Waals surface area contributed by atoms with Gasteiger partial charge in [0.25, 0.3) is 5.22 Å². The molecular weight excluding hydrogens is 215 g/mol. The number of fused-ring (bicyclic) bond motifs is 1. The van der Waals surface area contributed by atoms with Crippen molar-refractivity contribution >= 4 is 28.5 Å². The predicted octanol–water partition coefficient (Wildman–Crippen LogP) is 2.86. The van der Waals surface area contributed by atoms with Crippen LogP contribution in [0.4, 0.5) is 10.1 Å². The summed E-state index contributed by atoms with van der Waals surface area (Å²) in [6.07, 6.45) is 0.519. The molecule has 0 atom stereocenters. The van der Waals surface area contributed by atoms with Crippen LogP contribution in [-0.4, -0.2) is 17.4 Å². The molecular formula is C10H11FN2OS. The summed E-state index contributed by atoms with van der Waals surface area (Å²) < 4.78 is 17.3. The molecule has 2 aromatic rings. The molecule has 0 radical (unpaired) electrons. The van der Waals surface area contributed by atoms with E-state index in [1.165, 1.54) is 11.8 Å². The zero-order valence-corrected chi connectivity index (χ0v) is 8.89. The quantitative estimate of drug-likeness (QED) is 0.495. The molecule has 0 saturated heterocycles. The van der Waals surface area contributed by atoms with E-state index in [1.807, 2.05) is 6.07 Å². The maximum absolute atomic E-state index is 11.9. The average Bonchev–Trinajstić information content (AvgIpc) is 2.60. The van der Waals surface area contributed by atoms with Gasteiger partial charge in [0, 0.05) is 17.5 Å². The summed E-state index contributed by atoms with van der Waals surface area (Å²) in [5.74, 6) is 0.679. The van der Waals surface area contributed by atoms with E-state index in [0.29, 0.717) is 28.7 Å². The second kappa shape index (κ2) is 4.53. The molecule has 0 saturated carbocycles. The number of thioether (sulfide) groups is 1. The fourth-order valence-corrected chi connectivity index (χ4v) is 1.94. The highest BCUT2D eigenvalue weighted by Gasteiger charge is 2.05. The molecule has 1 heterocycles. The van der Waals surface area contributed by atoms with E-state index in [-0.39, 0.29) is 6.67 Å². The Kier molecular flexibility index (Phi) is 3.11. The molecule has 2 rings (SSSR count). The third kappa shape index (κ3) is 2.41. The van der Waals surface area contributed by atoms with Crippen LogP contribution in [0.5, 0.6) is 0 Å². The largest absolute Gasteiger partial charge is 0.431 e. The maximum Gasteiger partial charge on any atom is 0.256 e. The number of halogens is 1. The number of nitrogens with zero attached hydrogens (tertiary/aromatic N) is 1. The molecule has 0 aliphatic carbocycles. The van der Waals surface area contributed by atoms with Gasteiger partial charge >= 0.3 is 0 Å². The molecule has 0 spiro atoms. The lowest BCUT2D eigenvalue weighted by atomic mass is 10.3. The first kappa shape index (κ1) is 10.3. The molecule has 3 nitrogen and oxygen atoms in total. The lowest BCUT2D eigenvalue weighted by Crippen LogP contribution is -1.81. The first-order valence-corrected chi connectivity index (χ1v) is 5.63. The van der Waals surface area contributed by atoms with Crippen LogP contribution in [0.3, 0.4) is 0 Å². The SMILES string of the molecule is Nc1ccc2nc(SCCCF)oc2c1. The molecule has 80 valence electrons. The number of hydrogen-bond acceptors (Lipinski definition) is 4. The molecule has 1 aromatic heterocycles. The third-order valence-electron chi connectivity index (χ3n) is 1.90. The van der Waals surface area contributed by atoms with Crippen LogP contribution in [-0.2, 0) is 0 Å². The van der Waals surface area contributed by atoms with Crippen LogP contribution in [0.1, 0.15) is 6.42 Å². The Morgan fingerprint density at radius 3 is 3.13 bits per heavy atom. The van der Waals surface area contributed by atoms with Crippen molar-refractivity contribution in [1.82, 2.24) is 4.98 Å². The summed E-state index contributed by atoms with van der Waals surface area (Å²) in [4.78, 5) is 4.24. The van der Waals surface area contributed by atoms with Gasteiger partial charge in [-0.25, -0.2) is 4.98 Å². The molecule has 0 aliphatic heterocycles. The minimum absolute atomic E-state index is 0.305. The topological polar surface area (TPSA) is 52.0 Å². The number of oxazole rings is 1. The molecule has 1 aromatic carbocycles. The lowest BCUT2D eigenvalue weighted by Gasteiger charge is -1.91. The van der Waals surface area contributed by atoms with E-state index in [0.717, 1.165) is 5.52 Å². The van der Waals surface area contributed by atoms with Gasteiger partial charge in [0.2, 0.25) is 0 Å². The van der Waals surface area contributed by atoms with Gasteiger partial charge in [0.1, 0.15) is 5.52 Å². The van der Waals surface area contributed by atoms with Gasteiger partial charge < -0.3 is 10.2 Å². The standard InChI is InChI=1S/C10H11FN2OS/c11-4-1-5-15-10-13-8-3-2-7(12)6-9(8)14-10/h2-3,6H,1,4-5,12H2. The van der Waals surface area contributed by atoms with Crippen molar-refractivity contribution in [3.05, 3.63) is 18.2 Å². The maximum atomic E-state index is 11.9. The highest BCUT2D eigenvalue weighted by atomic mass is 32.2. The highest BCUT2D eigenvalue weighted by Crippen LogP contribution is 2.25. The van der Waals surface area contributed by atoms with Gasteiger partial charge in [-0.15, -0.1) is 0 Å². The Morgan fingerprint density at radius 1 is 1.47 bits per heavy atom. The number of hydrogen-bond donors (Lipinski definition) is 1. The van der Waals surface area contributed by atoms with E-state index in [1.54, 1.807) is 12.1 Å². The molecule has 0 unspecified atom stereocenters. The summed E-state index contributed by atoms with van der Waals surface area (Å²) >= 11 is 1.42. The van der Waals surface area contributed by atoms with Crippen LogP contribution in [0, 0.1) is 0 Å². The van der Waals surface area contributed by atoms with E-state index < -0.39 is 0 Å². The number of alkyl halides is 1. The number of benzene rings is 1. The van der Waals surface area contributed by atoms with E-state index >= 15 is 0 Å². The van der Waals surface area contributed by atoms with Gasteiger partial charge in [-0.05, 0) is 18.6 Å². The Balaban J connectivity index is 2.16. The van der Waals surface area contributed by atoms with Crippen molar-refractivity contribution in [1.29, 1.82) is 0 Å². The molecule has 0 fully saturated rings. The molecule has 0 bridgehead atoms. The number of rotatable bonds is 4.